The summed E-state index contributed by atoms with van der Waals surface area (Å²) in [4.78, 5) is 0. The lowest BCUT2D eigenvalue weighted by Crippen LogP contribution is -1.93. The molecule has 0 saturated carbocycles. The average molecular weight is 620 g/mol. The normalized spacial score (nSPS) is 12.1. The number of aromatic nitrogens is 1. The summed E-state index contributed by atoms with van der Waals surface area (Å²) in [6.45, 7) is 0. The molecule has 0 bridgehead atoms. The topological polar surface area (TPSA) is 4.93 Å². The minimum Gasteiger partial charge on any atom is -0.309 e. The molecule has 0 amide bonds. The first-order valence-corrected chi connectivity index (χ1v) is 17.0. The SMILES string of the molecule is c1ccc(-n2c3ccc4ccccc4c3c3c4ccc(-c5cccc(-c6cc7c8c(cccc8c6)-c6ccccc6-7)c5)cc4ccc32)cc1. The van der Waals surface area contributed by atoms with Crippen LogP contribution >= 0.6 is 0 Å². The fourth-order valence-electron chi connectivity index (χ4n) is 8.50. The van der Waals surface area contributed by atoms with Gasteiger partial charge >= 0.3 is 0 Å². The number of hydrogen-bond donors (Lipinski definition) is 0. The Kier molecular flexibility index (Phi) is 5.45. The molecule has 0 radical (unpaired) electrons. The maximum absolute atomic E-state index is 2.42. The Bertz CT molecular complexity index is 2980. The van der Waals surface area contributed by atoms with Crippen LogP contribution in [0.25, 0.3) is 104 Å². The smallest absolute Gasteiger partial charge is 0.0547 e. The highest BCUT2D eigenvalue weighted by molar-refractivity contribution is 6.28. The minimum atomic E-state index is 1.18. The van der Waals surface area contributed by atoms with Crippen LogP contribution in [0.5, 0.6) is 0 Å². The quantitative estimate of drug-likeness (QED) is 0.185. The molecule has 226 valence electrons. The van der Waals surface area contributed by atoms with Crippen LogP contribution in [0.1, 0.15) is 0 Å². The highest BCUT2D eigenvalue weighted by Crippen LogP contribution is 2.49. The van der Waals surface area contributed by atoms with Crippen molar-refractivity contribution in [2.24, 2.45) is 0 Å². The summed E-state index contributed by atoms with van der Waals surface area (Å²) in [5, 5.41) is 10.4. The second-order valence-electron chi connectivity index (χ2n) is 13.3. The Morgan fingerprint density at radius 3 is 1.71 bits per heavy atom. The van der Waals surface area contributed by atoms with Crippen LogP contribution in [0, 0.1) is 0 Å². The Morgan fingerprint density at radius 1 is 0.286 bits per heavy atom. The van der Waals surface area contributed by atoms with E-state index in [1.807, 2.05) is 0 Å². The maximum atomic E-state index is 2.42. The van der Waals surface area contributed by atoms with Crippen molar-refractivity contribution >= 4 is 54.1 Å². The first kappa shape index (κ1) is 26.6. The third-order valence-corrected chi connectivity index (χ3v) is 10.7. The Labute approximate surface area is 283 Å². The van der Waals surface area contributed by atoms with E-state index in [2.05, 4.69) is 180 Å². The van der Waals surface area contributed by atoms with Crippen LogP contribution in [0.3, 0.4) is 0 Å². The van der Waals surface area contributed by atoms with Crippen molar-refractivity contribution in [2.45, 2.75) is 0 Å². The molecule has 10 aromatic rings. The Morgan fingerprint density at radius 2 is 0.878 bits per heavy atom. The van der Waals surface area contributed by atoms with Gasteiger partial charge in [-0.3, -0.25) is 0 Å². The molecule has 0 aliphatic heterocycles. The Hall–Kier alpha value is -6.44. The number of benzene rings is 9. The highest BCUT2D eigenvalue weighted by atomic mass is 15.0. The molecular formula is C48H29N. The van der Waals surface area contributed by atoms with Gasteiger partial charge in [0.25, 0.3) is 0 Å². The van der Waals surface area contributed by atoms with Gasteiger partial charge in [-0.05, 0) is 125 Å². The van der Waals surface area contributed by atoms with Gasteiger partial charge in [0.2, 0.25) is 0 Å². The summed E-state index contributed by atoms with van der Waals surface area (Å²) in [6, 6.07) is 65.0. The van der Waals surface area contributed by atoms with Gasteiger partial charge in [0.05, 0.1) is 11.0 Å². The highest BCUT2D eigenvalue weighted by Gasteiger charge is 2.22. The van der Waals surface area contributed by atoms with E-state index >= 15 is 0 Å². The summed E-state index contributed by atoms with van der Waals surface area (Å²) in [6.07, 6.45) is 0. The van der Waals surface area contributed by atoms with Gasteiger partial charge < -0.3 is 4.57 Å². The maximum Gasteiger partial charge on any atom is 0.0547 e. The van der Waals surface area contributed by atoms with Gasteiger partial charge in [-0.15, -0.1) is 0 Å². The van der Waals surface area contributed by atoms with E-state index in [-0.39, 0.29) is 0 Å². The minimum absolute atomic E-state index is 1.18. The lowest BCUT2D eigenvalue weighted by atomic mass is 9.93. The van der Waals surface area contributed by atoms with E-state index in [0.29, 0.717) is 0 Å². The number of hydrogen-bond acceptors (Lipinski definition) is 0. The van der Waals surface area contributed by atoms with E-state index < -0.39 is 0 Å². The van der Waals surface area contributed by atoms with E-state index in [9.17, 15) is 0 Å². The lowest BCUT2D eigenvalue weighted by Gasteiger charge is -2.11. The molecule has 1 heterocycles. The molecule has 0 fully saturated rings. The van der Waals surface area contributed by atoms with E-state index in [4.69, 9.17) is 0 Å². The first-order chi connectivity index (χ1) is 24.3. The number of fused-ring (bicyclic) bond motifs is 10. The molecule has 1 nitrogen and oxygen atoms in total. The average Bonchev–Trinajstić information content (AvgIpc) is 3.69. The van der Waals surface area contributed by atoms with Crippen LogP contribution in [0.4, 0.5) is 0 Å². The van der Waals surface area contributed by atoms with E-state index in [0.717, 1.165) is 0 Å². The number of para-hydroxylation sites is 1. The van der Waals surface area contributed by atoms with Crippen molar-refractivity contribution in [2.75, 3.05) is 0 Å². The Balaban J connectivity index is 1.09. The van der Waals surface area contributed by atoms with Gasteiger partial charge in [0.15, 0.2) is 0 Å². The van der Waals surface area contributed by atoms with Crippen LogP contribution in [0.2, 0.25) is 0 Å². The van der Waals surface area contributed by atoms with Crippen LogP contribution < -0.4 is 0 Å². The van der Waals surface area contributed by atoms with Crippen LogP contribution in [-0.2, 0) is 0 Å². The monoisotopic (exact) mass is 619 g/mol. The first-order valence-electron chi connectivity index (χ1n) is 17.0. The zero-order chi connectivity index (χ0) is 32.1. The van der Waals surface area contributed by atoms with Crippen molar-refractivity contribution in [3.8, 4) is 50.2 Å². The van der Waals surface area contributed by atoms with Gasteiger partial charge in [-0.25, -0.2) is 0 Å². The van der Waals surface area contributed by atoms with Gasteiger partial charge in [0, 0.05) is 16.5 Å². The molecule has 0 N–H and O–H groups in total. The standard InChI is InChI=1S/C48H29N/c1-2-14-37(15-3-1)49-44-24-21-30-10-4-5-16-38(30)47(44)48-39-23-20-33(27-34(39)22-25-45(48)49)31-11-8-12-32(26-31)36-28-35-13-9-19-42-40-17-6-7-18-41(40)43(29-36)46(35)42/h1-29H. The fraction of sp³-hybridized carbons (Fsp3) is 0. The summed E-state index contributed by atoms with van der Waals surface area (Å²) in [7, 11) is 0. The molecule has 11 rings (SSSR count). The van der Waals surface area contributed by atoms with Crippen molar-refractivity contribution in [3.63, 3.8) is 0 Å². The summed E-state index contributed by atoms with van der Waals surface area (Å²) in [5.74, 6) is 0. The van der Waals surface area contributed by atoms with Crippen molar-refractivity contribution in [1.29, 1.82) is 0 Å². The largest absolute Gasteiger partial charge is 0.309 e. The third-order valence-electron chi connectivity index (χ3n) is 10.7. The molecule has 0 atom stereocenters. The fourth-order valence-corrected chi connectivity index (χ4v) is 8.50. The van der Waals surface area contributed by atoms with Crippen LogP contribution in [0.15, 0.2) is 176 Å². The lowest BCUT2D eigenvalue weighted by molar-refractivity contribution is 1.18. The van der Waals surface area contributed by atoms with Gasteiger partial charge in [0.1, 0.15) is 0 Å². The molecule has 0 spiro atoms. The zero-order valence-corrected chi connectivity index (χ0v) is 26.7. The molecule has 1 heteroatoms. The predicted octanol–water partition coefficient (Wildman–Crippen LogP) is 13.2. The van der Waals surface area contributed by atoms with Crippen molar-refractivity contribution in [1.82, 2.24) is 4.57 Å². The predicted molar refractivity (Wildman–Crippen MR) is 209 cm³/mol. The molecular weight excluding hydrogens is 591 g/mol. The molecule has 49 heavy (non-hydrogen) atoms. The summed E-state index contributed by atoms with van der Waals surface area (Å²) in [5.41, 5.74) is 13.9. The zero-order valence-electron chi connectivity index (χ0n) is 26.7. The molecule has 1 aliphatic carbocycles. The second kappa shape index (κ2) is 10.0. The molecule has 9 aromatic carbocycles. The number of nitrogens with zero attached hydrogens (tertiary/aromatic N) is 1. The van der Waals surface area contributed by atoms with Crippen LogP contribution in [-0.4, -0.2) is 4.57 Å². The van der Waals surface area contributed by atoms with Crippen molar-refractivity contribution < 1.29 is 0 Å². The molecule has 0 saturated heterocycles. The summed E-state index contributed by atoms with van der Waals surface area (Å²) < 4.78 is 2.42. The third kappa shape index (κ3) is 3.82. The van der Waals surface area contributed by atoms with Gasteiger partial charge in [-0.2, -0.15) is 0 Å². The van der Waals surface area contributed by atoms with E-state index in [1.165, 1.54) is 104 Å². The molecule has 0 unspecified atom stereocenters. The molecule has 1 aliphatic rings. The van der Waals surface area contributed by atoms with Crippen molar-refractivity contribution in [3.05, 3.63) is 176 Å². The van der Waals surface area contributed by atoms with Gasteiger partial charge in [-0.1, -0.05) is 127 Å². The van der Waals surface area contributed by atoms with E-state index in [1.54, 1.807) is 0 Å². The molecule has 1 aromatic heterocycles. The second-order valence-corrected chi connectivity index (χ2v) is 13.3. The number of rotatable bonds is 3. The summed E-state index contributed by atoms with van der Waals surface area (Å²) >= 11 is 0.